The zero-order chi connectivity index (χ0) is 9.56. The molecular weight excluding hydrogens is 187 g/mol. The van der Waals surface area contributed by atoms with Gasteiger partial charge in [-0.2, -0.15) is 0 Å². The van der Waals surface area contributed by atoms with Crippen LogP contribution in [0.4, 0.5) is 12.9 Å². The molecule has 0 aromatic carbocycles. The number of halogens is 4. The van der Waals surface area contributed by atoms with Gasteiger partial charge in [0, 0.05) is 26.0 Å². The third-order valence-electron chi connectivity index (χ3n) is 1.34. The summed E-state index contributed by atoms with van der Waals surface area (Å²) in [6.45, 7) is 4.32. The molecule has 13 heavy (non-hydrogen) atoms. The van der Waals surface area contributed by atoms with Gasteiger partial charge in [0.05, 0.1) is 6.67 Å². The van der Waals surface area contributed by atoms with Crippen molar-refractivity contribution in [2.45, 2.75) is 6.92 Å². The first-order valence-electron chi connectivity index (χ1n) is 3.61. The second-order valence-electron chi connectivity index (χ2n) is 2.35. The van der Waals surface area contributed by atoms with Crippen LogP contribution in [-0.2, 0) is 0 Å². The Morgan fingerprint density at radius 1 is 1.31 bits per heavy atom. The largest absolute Gasteiger partial charge is 1.00 e. The quantitative estimate of drug-likeness (QED) is 0.377. The Morgan fingerprint density at radius 3 is 1.92 bits per heavy atom. The topological polar surface area (TPSA) is 6.48 Å². The van der Waals surface area contributed by atoms with E-state index in [4.69, 9.17) is 0 Å². The van der Waals surface area contributed by atoms with Crippen molar-refractivity contribution in [2.75, 3.05) is 20.3 Å². The lowest BCUT2D eigenvalue weighted by Gasteiger charge is -2.14. The molecule has 1 heterocycles. The lowest BCUT2D eigenvalue weighted by Crippen LogP contribution is -3.00. The zero-order valence-electron chi connectivity index (χ0n) is 7.55. The highest BCUT2D eigenvalue weighted by molar-refractivity contribution is 6.33. The fourth-order valence-electron chi connectivity index (χ4n) is 0.794. The molecule has 1 rings (SSSR count). The predicted molar refractivity (Wildman–Crippen MR) is 43.2 cm³/mol. The fourth-order valence-corrected chi connectivity index (χ4v) is 0.794. The van der Waals surface area contributed by atoms with E-state index in [0.29, 0.717) is 0 Å². The highest BCUT2D eigenvalue weighted by Crippen LogP contribution is 2.00. The molecule has 0 saturated heterocycles. The van der Waals surface area contributed by atoms with Gasteiger partial charge in [-0.1, -0.05) is 0 Å². The van der Waals surface area contributed by atoms with Gasteiger partial charge < -0.3 is 14.5 Å². The molecule has 0 N–H and O–H groups in total. The first kappa shape index (κ1) is 14.6. The van der Waals surface area contributed by atoms with Crippen molar-refractivity contribution in [3.8, 4) is 0 Å². The summed E-state index contributed by atoms with van der Waals surface area (Å²) in [5.41, 5.74) is 0. The van der Waals surface area contributed by atoms with Gasteiger partial charge in [-0.05, 0) is 6.92 Å². The van der Waals surface area contributed by atoms with Crippen LogP contribution >= 0.6 is 0 Å². The maximum atomic E-state index is 9.67. The molecule has 1 aliphatic rings. The van der Waals surface area contributed by atoms with Crippen molar-refractivity contribution in [1.29, 1.82) is 0 Å². The number of rotatable bonds is 1. The summed E-state index contributed by atoms with van der Waals surface area (Å²) in [5, 5.41) is 0. The van der Waals surface area contributed by atoms with Gasteiger partial charge >= 0.3 is 7.54 Å². The molecule has 0 aromatic rings. The van der Waals surface area contributed by atoms with E-state index in [1.165, 1.54) is 0 Å². The Morgan fingerprint density at radius 2 is 1.77 bits per heavy atom. The van der Waals surface area contributed by atoms with Gasteiger partial charge in [-0.15, -0.1) is 0 Å². The summed E-state index contributed by atoms with van der Waals surface area (Å²) in [6.07, 6.45) is 4.20. The van der Waals surface area contributed by atoms with E-state index in [1.807, 2.05) is 0 Å². The third kappa shape index (κ3) is 9.04. The predicted octanol–water partition coefficient (Wildman–Crippen LogP) is -1.43. The molecule has 0 aromatic heterocycles. The number of hydrogen-bond donors (Lipinski definition) is 0. The minimum atomic E-state index is -3.67. The Labute approximate surface area is 75.6 Å². The van der Waals surface area contributed by atoms with Crippen LogP contribution in [0.3, 0.4) is 0 Å². The summed E-state index contributed by atoms with van der Waals surface area (Å²) in [7, 11) is -1.59. The lowest BCUT2D eigenvalue weighted by molar-refractivity contribution is -0.00000543. The first-order chi connectivity index (χ1) is 5.56. The third-order valence-corrected chi connectivity index (χ3v) is 1.34. The highest BCUT2D eigenvalue weighted by atomic mass is 19.4. The molecule has 0 radical (unpaired) electrons. The van der Waals surface area contributed by atoms with E-state index in [9.17, 15) is 12.9 Å². The van der Waals surface area contributed by atoms with Crippen LogP contribution in [0.25, 0.3) is 0 Å². The van der Waals surface area contributed by atoms with Crippen molar-refractivity contribution in [1.82, 2.24) is 9.80 Å². The Hall–Kier alpha value is -0.875. The number of nitrogens with zero attached hydrogens (tertiary/aromatic N) is 2. The average molecular weight is 199 g/mol. The first-order valence-corrected chi connectivity index (χ1v) is 3.61. The highest BCUT2D eigenvalue weighted by Gasteiger charge is 2.06. The van der Waals surface area contributed by atoms with E-state index < -0.39 is 7.54 Å². The van der Waals surface area contributed by atoms with Crippen molar-refractivity contribution in [2.24, 2.45) is 0 Å². The van der Waals surface area contributed by atoms with E-state index in [-0.39, 0.29) is 4.70 Å². The molecule has 0 amide bonds. The molecule has 0 unspecified atom stereocenters. The molecule has 1 aliphatic heterocycles. The van der Waals surface area contributed by atoms with Crippen molar-refractivity contribution < 1.29 is 17.7 Å². The molecule has 0 spiro atoms. The SMILES string of the molecule is CCN1C=CN(C)C1.FB(F)F.[F-]. The maximum Gasteiger partial charge on any atom is 0.762 e. The molecule has 0 aliphatic carbocycles. The minimum Gasteiger partial charge on any atom is -1.00 e. The monoisotopic (exact) mass is 199 g/mol. The van der Waals surface area contributed by atoms with Gasteiger partial charge in [-0.3, -0.25) is 12.9 Å². The lowest BCUT2D eigenvalue weighted by atomic mass is 10.5. The van der Waals surface area contributed by atoms with Gasteiger partial charge in [0.15, 0.2) is 0 Å². The molecule has 2 nitrogen and oxygen atoms in total. The van der Waals surface area contributed by atoms with Crippen LogP contribution in [0, 0.1) is 0 Å². The number of hydrogen-bond acceptors (Lipinski definition) is 2. The van der Waals surface area contributed by atoms with Gasteiger partial charge in [-0.25, -0.2) is 0 Å². The van der Waals surface area contributed by atoms with E-state index in [1.54, 1.807) is 0 Å². The molecule has 0 fully saturated rings. The summed E-state index contributed by atoms with van der Waals surface area (Å²) in [5.74, 6) is 0. The second-order valence-corrected chi connectivity index (χ2v) is 2.35. The van der Waals surface area contributed by atoms with Gasteiger partial charge in [0.25, 0.3) is 0 Å². The standard InChI is InChI=1S/C6H12N2.BF3.FH/c1-3-8-5-4-7(2)6-8;2-1(3)4;/h4-5H,3,6H2,1-2H3;;1H/p-1. The summed E-state index contributed by atoms with van der Waals surface area (Å²) >= 11 is 0. The molecule has 0 bridgehead atoms. The molecule has 0 atom stereocenters. The zero-order valence-corrected chi connectivity index (χ0v) is 7.55. The fraction of sp³-hybridized carbons (Fsp3) is 0.667. The Kier molecular flexibility index (Phi) is 8.74. The van der Waals surface area contributed by atoms with Crippen LogP contribution in [0.5, 0.6) is 0 Å². The van der Waals surface area contributed by atoms with E-state index >= 15 is 0 Å². The minimum absolute atomic E-state index is 0. The maximum absolute atomic E-state index is 9.67. The van der Waals surface area contributed by atoms with Crippen LogP contribution in [0.15, 0.2) is 12.4 Å². The summed E-state index contributed by atoms with van der Waals surface area (Å²) < 4.78 is 29.0. The van der Waals surface area contributed by atoms with Crippen LogP contribution < -0.4 is 4.70 Å². The summed E-state index contributed by atoms with van der Waals surface area (Å²) in [6, 6.07) is 0. The van der Waals surface area contributed by atoms with Crippen molar-refractivity contribution >= 4 is 7.54 Å². The van der Waals surface area contributed by atoms with Gasteiger partial charge in [0.1, 0.15) is 0 Å². The molecule has 0 saturated carbocycles. The Balaban J connectivity index is 0. The average Bonchev–Trinajstić information content (AvgIpc) is 2.34. The molecular formula is C6H12BF4N2-. The molecule has 7 heteroatoms. The smallest absolute Gasteiger partial charge is 0.762 e. The van der Waals surface area contributed by atoms with Crippen molar-refractivity contribution in [3.63, 3.8) is 0 Å². The van der Waals surface area contributed by atoms with E-state index in [0.717, 1.165) is 13.2 Å². The molecule has 78 valence electrons. The second kappa shape index (κ2) is 7.76. The van der Waals surface area contributed by atoms with E-state index in [2.05, 4.69) is 36.2 Å². The van der Waals surface area contributed by atoms with Gasteiger partial charge in [0.2, 0.25) is 0 Å². The summed E-state index contributed by atoms with van der Waals surface area (Å²) in [4.78, 5) is 4.41. The van der Waals surface area contributed by atoms with Crippen molar-refractivity contribution in [3.05, 3.63) is 12.4 Å². The van der Waals surface area contributed by atoms with Crippen LogP contribution in [-0.4, -0.2) is 37.6 Å². The van der Waals surface area contributed by atoms with Crippen LogP contribution in [0.1, 0.15) is 6.92 Å². The van der Waals surface area contributed by atoms with Crippen LogP contribution in [0.2, 0.25) is 0 Å². The normalized spacial score (nSPS) is 13.3. The Bertz CT molecular complexity index is 142.